The van der Waals surface area contributed by atoms with Crippen LogP contribution in [0, 0.1) is 0 Å². The standard InChI is InChI=1S/C10H14N2O/c1-13-8-12-7-6-11-9-4-2-3-5-10(9)12/h2-5,11H,6-8H2,1H3. The van der Waals surface area contributed by atoms with Crippen LogP contribution in [-0.4, -0.2) is 26.9 Å². The number of hydrogen-bond donors (Lipinski definition) is 1. The Balaban J connectivity index is 2.26. The van der Waals surface area contributed by atoms with Gasteiger partial charge >= 0.3 is 0 Å². The molecule has 0 saturated heterocycles. The van der Waals surface area contributed by atoms with Crippen molar-refractivity contribution in [2.75, 3.05) is 37.1 Å². The molecule has 0 unspecified atom stereocenters. The van der Waals surface area contributed by atoms with Crippen LogP contribution in [0.2, 0.25) is 0 Å². The van der Waals surface area contributed by atoms with Crippen LogP contribution in [0.5, 0.6) is 0 Å². The van der Waals surface area contributed by atoms with Gasteiger partial charge in [-0.25, -0.2) is 0 Å². The fraction of sp³-hybridized carbons (Fsp3) is 0.400. The molecular weight excluding hydrogens is 164 g/mol. The minimum Gasteiger partial charge on any atom is -0.382 e. The molecule has 2 rings (SSSR count). The lowest BCUT2D eigenvalue weighted by Gasteiger charge is -2.31. The van der Waals surface area contributed by atoms with Gasteiger partial charge in [0.05, 0.1) is 11.4 Å². The van der Waals surface area contributed by atoms with E-state index in [0.29, 0.717) is 6.73 Å². The third-order valence-electron chi connectivity index (χ3n) is 2.23. The fourth-order valence-corrected chi connectivity index (χ4v) is 1.63. The second kappa shape index (κ2) is 3.66. The van der Waals surface area contributed by atoms with E-state index in [1.54, 1.807) is 7.11 Å². The molecule has 1 aromatic carbocycles. The Labute approximate surface area is 78.3 Å². The van der Waals surface area contributed by atoms with Gasteiger partial charge in [0.25, 0.3) is 0 Å². The van der Waals surface area contributed by atoms with Gasteiger partial charge in [0.1, 0.15) is 6.73 Å². The summed E-state index contributed by atoms with van der Waals surface area (Å²) >= 11 is 0. The van der Waals surface area contributed by atoms with Gasteiger partial charge in [0, 0.05) is 20.2 Å². The maximum Gasteiger partial charge on any atom is 0.118 e. The topological polar surface area (TPSA) is 24.5 Å². The molecule has 13 heavy (non-hydrogen) atoms. The molecule has 0 saturated carbocycles. The van der Waals surface area contributed by atoms with Crippen LogP contribution in [0.4, 0.5) is 11.4 Å². The summed E-state index contributed by atoms with van der Waals surface area (Å²) in [6.07, 6.45) is 0. The summed E-state index contributed by atoms with van der Waals surface area (Å²) < 4.78 is 5.14. The normalized spacial score (nSPS) is 15.0. The first-order chi connectivity index (χ1) is 6.42. The molecule has 0 atom stereocenters. The number of benzene rings is 1. The first-order valence-corrected chi connectivity index (χ1v) is 4.48. The summed E-state index contributed by atoms with van der Waals surface area (Å²) in [5.74, 6) is 0. The number of rotatable bonds is 2. The Kier molecular flexibility index (Phi) is 2.36. The molecule has 1 aliphatic rings. The zero-order chi connectivity index (χ0) is 9.10. The quantitative estimate of drug-likeness (QED) is 0.743. The highest BCUT2D eigenvalue weighted by molar-refractivity contribution is 5.71. The Morgan fingerprint density at radius 3 is 3.15 bits per heavy atom. The van der Waals surface area contributed by atoms with Gasteiger partial charge in [0.15, 0.2) is 0 Å². The summed E-state index contributed by atoms with van der Waals surface area (Å²) in [6, 6.07) is 8.30. The van der Waals surface area contributed by atoms with Gasteiger partial charge in [-0.1, -0.05) is 12.1 Å². The van der Waals surface area contributed by atoms with Crippen molar-refractivity contribution < 1.29 is 4.74 Å². The molecule has 3 heteroatoms. The third kappa shape index (κ3) is 1.60. The maximum absolute atomic E-state index is 5.14. The van der Waals surface area contributed by atoms with E-state index in [9.17, 15) is 0 Å². The summed E-state index contributed by atoms with van der Waals surface area (Å²) in [4.78, 5) is 2.23. The van der Waals surface area contributed by atoms with Crippen LogP contribution in [-0.2, 0) is 4.74 Å². The molecule has 0 spiro atoms. The second-order valence-corrected chi connectivity index (χ2v) is 3.13. The molecule has 1 aliphatic heterocycles. The van der Waals surface area contributed by atoms with Crippen molar-refractivity contribution in [1.82, 2.24) is 0 Å². The molecule has 1 N–H and O–H groups in total. The first-order valence-electron chi connectivity index (χ1n) is 4.48. The number of anilines is 2. The van der Waals surface area contributed by atoms with Crippen LogP contribution in [0.15, 0.2) is 24.3 Å². The predicted molar refractivity (Wildman–Crippen MR) is 54.2 cm³/mol. The van der Waals surface area contributed by atoms with Crippen LogP contribution in [0.25, 0.3) is 0 Å². The van der Waals surface area contributed by atoms with E-state index in [-0.39, 0.29) is 0 Å². The number of methoxy groups -OCH3 is 1. The van der Waals surface area contributed by atoms with Crippen molar-refractivity contribution in [1.29, 1.82) is 0 Å². The highest BCUT2D eigenvalue weighted by Crippen LogP contribution is 2.27. The van der Waals surface area contributed by atoms with Crippen LogP contribution in [0.1, 0.15) is 0 Å². The molecule has 3 nitrogen and oxygen atoms in total. The average Bonchev–Trinajstić information content (AvgIpc) is 2.19. The van der Waals surface area contributed by atoms with Crippen molar-refractivity contribution in [2.45, 2.75) is 0 Å². The molecule has 0 aromatic heterocycles. The van der Waals surface area contributed by atoms with Crippen molar-refractivity contribution in [2.24, 2.45) is 0 Å². The maximum atomic E-state index is 5.14. The summed E-state index contributed by atoms with van der Waals surface area (Å²) in [5, 5.41) is 3.35. The number of nitrogens with zero attached hydrogens (tertiary/aromatic N) is 1. The zero-order valence-electron chi connectivity index (χ0n) is 7.79. The second-order valence-electron chi connectivity index (χ2n) is 3.13. The van der Waals surface area contributed by atoms with E-state index < -0.39 is 0 Å². The number of nitrogens with one attached hydrogen (secondary N) is 1. The Bertz CT molecular complexity index is 288. The number of hydrogen-bond acceptors (Lipinski definition) is 3. The molecule has 1 heterocycles. The lowest BCUT2D eigenvalue weighted by Crippen LogP contribution is -2.35. The predicted octanol–water partition coefficient (Wildman–Crippen LogP) is 1.52. The minimum absolute atomic E-state index is 0.665. The molecule has 1 aromatic rings. The van der Waals surface area contributed by atoms with E-state index in [1.807, 2.05) is 6.07 Å². The molecule has 0 amide bonds. The van der Waals surface area contributed by atoms with Crippen LogP contribution < -0.4 is 10.2 Å². The van der Waals surface area contributed by atoms with E-state index in [2.05, 4.69) is 28.4 Å². The molecule has 0 radical (unpaired) electrons. The number of ether oxygens (including phenoxy) is 1. The van der Waals surface area contributed by atoms with Gasteiger partial charge in [-0.15, -0.1) is 0 Å². The summed E-state index contributed by atoms with van der Waals surface area (Å²) in [5.41, 5.74) is 2.43. The number of para-hydroxylation sites is 2. The average molecular weight is 178 g/mol. The van der Waals surface area contributed by atoms with Gasteiger partial charge < -0.3 is 15.0 Å². The van der Waals surface area contributed by atoms with Crippen LogP contribution in [0.3, 0.4) is 0 Å². The Morgan fingerprint density at radius 2 is 2.31 bits per heavy atom. The Hall–Kier alpha value is -1.22. The lowest BCUT2D eigenvalue weighted by molar-refractivity contribution is 0.197. The molecule has 70 valence electrons. The highest BCUT2D eigenvalue weighted by Gasteiger charge is 2.14. The highest BCUT2D eigenvalue weighted by atomic mass is 16.5. The molecule has 0 aliphatic carbocycles. The summed E-state index contributed by atoms with van der Waals surface area (Å²) in [6.45, 7) is 2.66. The molecule has 0 fully saturated rings. The van der Waals surface area contributed by atoms with Crippen molar-refractivity contribution >= 4 is 11.4 Å². The van der Waals surface area contributed by atoms with Crippen molar-refractivity contribution in [3.8, 4) is 0 Å². The summed E-state index contributed by atoms with van der Waals surface area (Å²) in [7, 11) is 1.73. The number of fused-ring (bicyclic) bond motifs is 1. The zero-order valence-corrected chi connectivity index (χ0v) is 7.79. The smallest absolute Gasteiger partial charge is 0.118 e. The SMILES string of the molecule is COCN1CCNc2ccccc21. The molecule has 0 bridgehead atoms. The monoisotopic (exact) mass is 178 g/mol. The fourth-order valence-electron chi connectivity index (χ4n) is 1.63. The molecular formula is C10H14N2O. The Morgan fingerprint density at radius 1 is 1.46 bits per heavy atom. The first kappa shape index (κ1) is 8.38. The van der Waals surface area contributed by atoms with E-state index in [4.69, 9.17) is 4.74 Å². The van der Waals surface area contributed by atoms with E-state index in [0.717, 1.165) is 13.1 Å². The van der Waals surface area contributed by atoms with Gasteiger partial charge in [-0.3, -0.25) is 0 Å². The van der Waals surface area contributed by atoms with Crippen molar-refractivity contribution in [3.05, 3.63) is 24.3 Å². The van der Waals surface area contributed by atoms with E-state index >= 15 is 0 Å². The van der Waals surface area contributed by atoms with Crippen LogP contribution >= 0.6 is 0 Å². The third-order valence-corrected chi connectivity index (χ3v) is 2.23. The van der Waals surface area contributed by atoms with E-state index in [1.165, 1.54) is 11.4 Å². The largest absolute Gasteiger partial charge is 0.382 e. The minimum atomic E-state index is 0.665. The lowest BCUT2D eigenvalue weighted by atomic mass is 10.2. The van der Waals surface area contributed by atoms with Gasteiger partial charge in [-0.05, 0) is 12.1 Å². The van der Waals surface area contributed by atoms with Crippen molar-refractivity contribution in [3.63, 3.8) is 0 Å². The van der Waals surface area contributed by atoms with Gasteiger partial charge in [-0.2, -0.15) is 0 Å². The van der Waals surface area contributed by atoms with Gasteiger partial charge in [0.2, 0.25) is 0 Å².